The van der Waals surface area contributed by atoms with Gasteiger partial charge in [0.05, 0.1) is 33.1 Å². The summed E-state index contributed by atoms with van der Waals surface area (Å²) in [5, 5.41) is 10.5. The molecule has 0 saturated heterocycles. The third-order valence-electron chi connectivity index (χ3n) is 5.69. The van der Waals surface area contributed by atoms with Gasteiger partial charge in [-0.05, 0) is 17.5 Å². The Morgan fingerprint density at radius 2 is 1.72 bits per heavy atom. The molecule has 2 heterocycles. The number of nitrogens with zero attached hydrogens (tertiary/aromatic N) is 3. The van der Waals surface area contributed by atoms with E-state index in [4.69, 9.17) is 19.2 Å². The van der Waals surface area contributed by atoms with E-state index in [0.717, 1.165) is 36.6 Å². The van der Waals surface area contributed by atoms with Crippen LogP contribution in [0.25, 0.3) is 11.4 Å². The minimum Gasteiger partial charge on any atom is -0.493 e. The third kappa shape index (κ3) is 4.21. The van der Waals surface area contributed by atoms with Crippen molar-refractivity contribution in [2.45, 2.75) is 39.8 Å². The second kappa shape index (κ2) is 8.24. The van der Waals surface area contributed by atoms with Crippen LogP contribution in [0.2, 0.25) is 0 Å². The van der Waals surface area contributed by atoms with Gasteiger partial charge in [0.15, 0.2) is 11.5 Å². The summed E-state index contributed by atoms with van der Waals surface area (Å²) >= 11 is 0. The van der Waals surface area contributed by atoms with E-state index in [2.05, 4.69) is 30.2 Å². The predicted molar refractivity (Wildman–Crippen MR) is 113 cm³/mol. The van der Waals surface area contributed by atoms with Crippen molar-refractivity contribution < 1.29 is 19.3 Å². The molecule has 1 atom stereocenters. The SMILES string of the molecule is COc1cc(-c2nc3c(n2C)CCN(CC(O)C(C)(C)C)C3)cc(OC)c1OC. The Kier molecular flexibility index (Phi) is 6.10. The summed E-state index contributed by atoms with van der Waals surface area (Å²) in [7, 11) is 6.87. The maximum Gasteiger partial charge on any atom is 0.203 e. The van der Waals surface area contributed by atoms with Crippen LogP contribution in [-0.2, 0) is 20.0 Å². The quantitative estimate of drug-likeness (QED) is 0.800. The second-order valence-corrected chi connectivity index (χ2v) is 8.67. The summed E-state index contributed by atoms with van der Waals surface area (Å²) in [6.07, 6.45) is 0.530. The molecule has 0 radical (unpaired) electrons. The van der Waals surface area contributed by atoms with Gasteiger partial charge in [-0.1, -0.05) is 20.8 Å². The van der Waals surface area contributed by atoms with Crippen molar-refractivity contribution in [3.8, 4) is 28.6 Å². The average Bonchev–Trinajstić information content (AvgIpc) is 3.01. The molecule has 1 aliphatic rings. The fraction of sp³-hybridized carbons (Fsp3) is 0.591. The van der Waals surface area contributed by atoms with Crippen molar-refractivity contribution in [3.05, 3.63) is 23.5 Å². The molecule has 1 N–H and O–H groups in total. The van der Waals surface area contributed by atoms with E-state index in [0.29, 0.717) is 23.8 Å². The zero-order chi connectivity index (χ0) is 21.3. The van der Waals surface area contributed by atoms with Gasteiger partial charge in [-0.25, -0.2) is 4.98 Å². The molecule has 160 valence electrons. The highest BCUT2D eigenvalue weighted by Gasteiger charge is 2.29. The summed E-state index contributed by atoms with van der Waals surface area (Å²) in [6.45, 7) is 8.50. The monoisotopic (exact) mass is 403 g/mol. The van der Waals surface area contributed by atoms with Crippen LogP contribution in [0.4, 0.5) is 0 Å². The van der Waals surface area contributed by atoms with Crippen molar-refractivity contribution in [3.63, 3.8) is 0 Å². The van der Waals surface area contributed by atoms with Gasteiger partial charge in [0.1, 0.15) is 5.82 Å². The van der Waals surface area contributed by atoms with E-state index in [9.17, 15) is 5.11 Å². The molecule has 7 nitrogen and oxygen atoms in total. The zero-order valence-electron chi connectivity index (χ0n) is 18.6. The van der Waals surface area contributed by atoms with E-state index in [1.807, 2.05) is 19.2 Å². The number of β-amino-alcohol motifs (C(OH)–C–C–N with tert-alkyl or cyclic N) is 1. The van der Waals surface area contributed by atoms with E-state index in [-0.39, 0.29) is 11.5 Å². The first-order valence-corrected chi connectivity index (χ1v) is 9.94. The number of benzene rings is 1. The van der Waals surface area contributed by atoms with Crippen LogP contribution in [0.15, 0.2) is 12.1 Å². The fourth-order valence-electron chi connectivity index (χ4n) is 3.72. The number of imidazole rings is 1. The number of aliphatic hydroxyl groups excluding tert-OH is 1. The summed E-state index contributed by atoms with van der Waals surface area (Å²) in [4.78, 5) is 7.22. The van der Waals surface area contributed by atoms with Crippen LogP contribution in [0, 0.1) is 5.41 Å². The van der Waals surface area contributed by atoms with Gasteiger partial charge in [-0.15, -0.1) is 0 Å². The van der Waals surface area contributed by atoms with Crippen LogP contribution in [0.5, 0.6) is 17.2 Å². The van der Waals surface area contributed by atoms with Crippen LogP contribution >= 0.6 is 0 Å². The van der Waals surface area contributed by atoms with Gasteiger partial charge in [0, 0.05) is 44.4 Å². The third-order valence-corrected chi connectivity index (χ3v) is 5.69. The number of fused-ring (bicyclic) bond motifs is 1. The minimum atomic E-state index is -0.373. The number of aromatic nitrogens is 2. The lowest BCUT2D eigenvalue weighted by Crippen LogP contribution is -2.42. The Morgan fingerprint density at radius 3 is 2.24 bits per heavy atom. The molecule has 7 heteroatoms. The number of aliphatic hydroxyl groups is 1. The molecule has 0 bridgehead atoms. The molecular weight excluding hydrogens is 370 g/mol. The normalized spacial score (nSPS) is 15.7. The molecule has 0 amide bonds. The predicted octanol–water partition coefficient (Wildman–Crippen LogP) is 2.88. The summed E-state index contributed by atoms with van der Waals surface area (Å²) in [5.41, 5.74) is 3.07. The zero-order valence-corrected chi connectivity index (χ0v) is 18.6. The van der Waals surface area contributed by atoms with Crippen LogP contribution < -0.4 is 14.2 Å². The Bertz CT molecular complexity index is 845. The molecule has 0 aliphatic carbocycles. The highest BCUT2D eigenvalue weighted by Crippen LogP contribution is 2.41. The Labute approximate surface area is 173 Å². The Hall–Kier alpha value is -2.25. The van der Waals surface area contributed by atoms with Gasteiger partial charge in [0.25, 0.3) is 0 Å². The summed E-state index contributed by atoms with van der Waals surface area (Å²) in [5.74, 6) is 2.66. The number of methoxy groups -OCH3 is 3. The van der Waals surface area contributed by atoms with Crippen molar-refractivity contribution in [2.75, 3.05) is 34.4 Å². The smallest absolute Gasteiger partial charge is 0.203 e. The van der Waals surface area contributed by atoms with E-state index in [1.165, 1.54) is 5.69 Å². The van der Waals surface area contributed by atoms with E-state index in [1.54, 1.807) is 21.3 Å². The standard InChI is InChI=1S/C22H33N3O4/c1-22(2,3)19(26)13-25-9-8-16-15(12-25)23-21(24(16)4)14-10-17(27-5)20(29-7)18(11-14)28-6/h10-11,19,26H,8-9,12-13H2,1-7H3. The number of hydrogen-bond donors (Lipinski definition) is 1. The van der Waals surface area contributed by atoms with Gasteiger partial charge in [0.2, 0.25) is 5.75 Å². The molecule has 1 unspecified atom stereocenters. The molecular formula is C22H33N3O4. The molecule has 0 fully saturated rings. The highest BCUT2D eigenvalue weighted by atomic mass is 16.5. The van der Waals surface area contributed by atoms with Crippen molar-refractivity contribution in [2.24, 2.45) is 12.5 Å². The molecule has 29 heavy (non-hydrogen) atoms. The first kappa shape index (κ1) is 21.5. The Morgan fingerprint density at radius 1 is 1.10 bits per heavy atom. The van der Waals surface area contributed by atoms with Crippen LogP contribution in [0.3, 0.4) is 0 Å². The largest absolute Gasteiger partial charge is 0.493 e. The van der Waals surface area contributed by atoms with Gasteiger partial charge in [-0.2, -0.15) is 0 Å². The maximum atomic E-state index is 10.5. The molecule has 1 aliphatic heterocycles. The lowest BCUT2D eigenvalue weighted by atomic mass is 9.88. The van der Waals surface area contributed by atoms with Gasteiger partial charge in [-0.3, -0.25) is 4.90 Å². The lowest BCUT2D eigenvalue weighted by molar-refractivity contribution is 0.0242. The second-order valence-electron chi connectivity index (χ2n) is 8.67. The average molecular weight is 404 g/mol. The highest BCUT2D eigenvalue weighted by molar-refractivity contribution is 5.67. The van der Waals surface area contributed by atoms with Gasteiger partial charge < -0.3 is 23.9 Å². The number of rotatable bonds is 6. The topological polar surface area (TPSA) is 69.0 Å². The molecule has 0 saturated carbocycles. The lowest BCUT2D eigenvalue weighted by Gasteiger charge is -2.33. The molecule has 1 aromatic heterocycles. The summed E-state index contributed by atoms with van der Waals surface area (Å²) in [6, 6.07) is 3.85. The van der Waals surface area contributed by atoms with Gasteiger partial charge >= 0.3 is 0 Å². The van der Waals surface area contributed by atoms with Crippen LogP contribution in [0.1, 0.15) is 32.2 Å². The summed E-state index contributed by atoms with van der Waals surface area (Å²) < 4.78 is 18.6. The number of ether oxygens (including phenoxy) is 3. The maximum absolute atomic E-state index is 10.5. The minimum absolute atomic E-state index is 0.133. The van der Waals surface area contributed by atoms with Crippen molar-refractivity contribution in [1.82, 2.24) is 14.5 Å². The Balaban J connectivity index is 1.92. The molecule has 3 rings (SSSR count). The van der Waals surface area contributed by atoms with Crippen LogP contribution in [-0.4, -0.2) is 60.1 Å². The molecule has 0 spiro atoms. The van der Waals surface area contributed by atoms with Crippen molar-refractivity contribution in [1.29, 1.82) is 0 Å². The van der Waals surface area contributed by atoms with E-state index < -0.39 is 0 Å². The molecule has 1 aromatic carbocycles. The fourth-order valence-corrected chi connectivity index (χ4v) is 3.72. The number of hydrogen-bond acceptors (Lipinski definition) is 6. The first-order valence-electron chi connectivity index (χ1n) is 9.94. The van der Waals surface area contributed by atoms with Crippen molar-refractivity contribution >= 4 is 0 Å². The first-order chi connectivity index (χ1) is 13.7. The van der Waals surface area contributed by atoms with E-state index >= 15 is 0 Å². The molecule has 2 aromatic rings.